The third-order valence-electron chi connectivity index (χ3n) is 3.68. The van der Waals surface area contributed by atoms with E-state index in [9.17, 15) is 9.59 Å². The van der Waals surface area contributed by atoms with Crippen LogP contribution in [0.15, 0.2) is 0 Å². The van der Waals surface area contributed by atoms with Crippen molar-refractivity contribution in [2.24, 2.45) is 0 Å². The first kappa shape index (κ1) is 14.7. The standard InChI is InChI=1S/C13H23N3O2S/c1-2-12(17)15-5-3-6-16(8-7-15)13(18)11-10-19-9-4-14-11/h11,14H,2-10H2,1H3. The van der Waals surface area contributed by atoms with Crippen molar-refractivity contribution < 1.29 is 9.59 Å². The van der Waals surface area contributed by atoms with Crippen LogP contribution in [-0.4, -0.2) is 71.9 Å². The number of carbonyl (C=O) groups is 2. The minimum absolute atomic E-state index is 0.0350. The summed E-state index contributed by atoms with van der Waals surface area (Å²) in [5, 5.41) is 3.29. The molecule has 1 atom stereocenters. The van der Waals surface area contributed by atoms with E-state index in [0.717, 1.165) is 37.6 Å². The van der Waals surface area contributed by atoms with Gasteiger partial charge in [0, 0.05) is 50.7 Å². The van der Waals surface area contributed by atoms with Crippen LogP contribution in [0.5, 0.6) is 0 Å². The Balaban J connectivity index is 1.87. The van der Waals surface area contributed by atoms with Crippen LogP contribution in [0.3, 0.4) is 0 Å². The van der Waals surface area contributed by atoms with E-state index in [1.165, 1.54) is 0 Å². The molecular weight excluding hydrogens is 262 g/mol. The maximum atomic E-state index is 12.4. The first-order valence-electron chi connectivity index (χ1n) is 7.10. The normalized spacial score (nSPS) is 25.0. The van der Waals surface area contributed by atoms with Gasteiger partial charge in [0.2, 0.25) is 11.8 Å². The number of carbonyl (C=O) groups excluding carboxylic acids is 2. The molecule has 1 N–H and O–H groups in total. The van der Waals surface area contributed by atoms with Crippen molar-refractivity contribution in [3.05, 3.63) is 0 Å². The van der Waals surface area contributed by atoms with E-state index in [2.05, 4.69) is 5.32 Å². The van der Waals surface area contributed by atoms with E-state index in [4.69, 9.17) is 0 Å². The van der Waals surface area contributed by atoms with Gasteiger partial charge >= 0.3 is 0 Å². The highest BCUT2D eigenvalue weighted by Crippen LogP contribution is 2.12. The summed E-state index contributed by atoms with van der Waals surface area (Å²) in [5.41, 5.74) is 0. The van der Waals surface area contributed by atoms with Crippen LogP contribution >= 0.6 is 11.8 Å². The lowest BCUT2D eigenvalue weighted by molar-refractivity contribution is -0.134. The van der Waals surface area contributed by atoms with Crippen LogP contribution in [0.25, 0.3) is 0 Å². The van der Waals surface area contributed by atoms with E-state index >= 15 is 0 Å². The lowest BCUT2D eigenvalue weighted by Gasteiger charge is -2.29. The van der Waals surface area contributed by atoms with Gasteiger partial charge in [-0.2, -0.15) is 11.8 Å². The maximum absolute atomic E-state index is 12.4. The third kappa shape index (κ3) is 3.86. The van der Waals surface area contributed by atoms with E-state index in [1.807, 2.05) is 28.5 Å². The zero-order chi connectivity index (χ0) is 13.7. The molecule has 0 bridgehead atoms. The second-order valence-corrected chi connectivity index (χ2v) is 6.14. The zero-order valence-electron chi connectivity index (χ0n) is 11.6. The Morgan fingerprint density at radius 2 is 1.95 bits per heavy atom. The molecule has 2 aliphatic heterocycles. The maximum Gasteiger partial charge on any atom is 0.240 e. The van der Waals surface area contributed by atoms with Gasteiger partial charge in [0.05, 0.1) is 6.04 Å². The van der Waals surface area contributed by atoms with E-state index in [1.54, 1.807) is 0 Å². The molecule has 2 rings (SSSR count). The lowest BCUT2D eigenvalue weighted by atomic mass is 10.2. The van der Waals surface area contributed by atoms with Gasteiger partial charge in [0.15, 0.2) is 0 Å². The van der Waals surface area contributed by atoms with Crippen LogP contribution in [0.1, 0.15) is 19.8 Å². The molecule has 0 aliphatic carbocycles. The Kier molecular flexibility index (Phi) is 5.51. The molecule has 108 valence electrons. The van der Waals surface area contributed by atoms with Crippen molar-refractivity contribution in [2.75, 3.05) is 44.2 Å². The highest BCUT2D eigenvalue weighted by atomic mass is 32.2. The number of nitrogens with one attached hydrogen (secondary N) is 1. The second kappa shape index (κ2) is 7.14. The molecule has 1 unspecified atom stereocenters. The highest BCUT2D eigenvalue weighted by molar-refractivity contribution is 7.99. The van der Waals surface area contributed by atoms with Crippen LogP contribution in [0, 0.1) is 0 Å². The van der Waals surface area contributed by atoms with Gasteiger partial charge in [0.1, 0.15) is 0 Å². The summed E-state index contributed by atoms with van der Waals surface area (Å²) in [5.74, 6) is 2.36. The molecule has 19 heavy (non-hydrogen) atoms. The van der Waals surface area contributed by atoms with Gasteiger partial charge in [-0.05, 0) is 6.42 Å². The number of hydrogen-bond acceptors (Lipinski definition) is 4. The fourth-order valence-corrected chi connectivity index (χ4v) is 3.48. The average Bonchev–Trinajstić information content (AvgIpc) is 2.72. The molecule has 0 saturated carbocycles. The predicted molar refractivity (Wildman–Crippen MR) is 77.2 cm³/mol. The molecule has 0 aromatic carbocycles. The molecular formula is C13H23N3O2S. The number of thioether (sulfide) groups is 1. The lowest BCUT2D eigenvalue weighted by Crippen LogP contribution is -2.51. The number of nitrogens with zero attached hydrogens (tertiary/aromatic N) is 2. The van der Waals surface area contributed by atoms with E-state index in [0.29, 0.717) is 19.5 Å². The molecule has 6 heteroatoms. The predicted octanol–water partition coefficient (Wildman–Crippen LogP) is 0.162. The fourth-order valence-electron chi connectivity index (χ4n) is 2.56. The zero-order valence-corrected chi connectivity index (χ0v) is 12.4. The Hall–Kier alpha value is -0.750. The summed E-state index contributed by atoms with van der Waals surface area (Å²) in [6, 6.07) is -0.0350. The molecule has 2 aliphatic rings. The molecule has 0 radical (unpaired) electrons. The van der Waals surface area contributed by atoms with E-state index in [-0.39, 0.29) is 17.9 Å². The minimum atomic E-state index is -0.0350. The largest absolute Gasteiger partial charge is 0.341 e. The molecule has 2 saturated heterocycles. The number of amides is 2. The molecule has 0 aromatic heterocycles. The highest BCUT2D eigenvalue weighted by Gasteiger charge is 2.27. The molecule has 2 fully saturated rings. The summed E-state index contributed by atoms with van der Waals surface area (Å²) in [6.45, 7) is 5.71. The summed E-state index contributed by atoms with van der Waals surface area (Å²) in [7, 11) is 0. The Bertz CT molecular complexity index is 332. The van der Waals surface area contributed by atoms with Crippen LogP contribution in [-0.2, 0) is 9.59 Å². The fraction of sp³-hybridized carbons (Fsp3) is 0.846. The first-order chi connectivity index (χ1) is 9.22. The van der Waals surface area contributed by atoms with Crippen LogP contribution < -0.4 is 5.32 Å². The Morgan fingerprint density at radius 1 is 1.21 bits per heavy atom. The van der Waals surface area contributed by atoms with Gasteiger partial charge in [-0.25, -0.2) is 0 Å². The minimum Gasteiger partial charge on any atom is -0.341 e. The average molecular weight is 285 g/mol. The molecule has 5 nitrogen and oxygen atoms in total. The summed E-state index contributed by atoms with van der Waals surface area (Å²) < 4.78 is 0. The van der Waals surface area contributed by atoms with Crippen molar-refractivity contribution >= 4 is 23.6 Å². The van der Waals surface area contributed by atoms with Gasteiger partial charge < -0.3 is 15.1 Å². The third-order valence-corrected chi connectivity index (χ3v) is 4.74. The van der Waals surface area contributed by atoms with Crippen molar-refractivity contribution in [2.45, 2.75) is 25.8 Å². The quantitative estimate of drug-likeness (QED) is 0.785. The number of hydrogen-bond donors (Lipinski definition) is 1. The van der Waals surface area contributed by atoms with Gasteiger partial charge in [-0.1, -0.05) is 6.92 Å². The second-order valence-electron chi connectivity index (χ2n) is 4.99. The first-order valence-corrected chi connectivity index (χ1v) is 8.25. The number of rotatable bonds is 2. The van der Waals surface area contributed by atoms with Gasteiger partial charge in [0.25, 0.3) is 0 Å². The Morgan fingerprint density at radius 3 is 2.63 bits per heavy atom. The smallest absolute Gasteiger partial charge is 0.240 e. The molecule has 0 aromatic rings. The van der Waals surface area contributed by atoms with E-state index < -0.39 is 0 Å². The Labute approximate surface area is 119 Å². The van der Waals surface area contributed by atoms with Gasteiger partial charge in [-0.15, -0.1) is 0 Å². The monoisotopic (exact) mass is 285 g/mol. The summed E-state index contributed by atoms with van der Waals surface area (Å²) >= 11 is 1.84. The summed E-state index contributed by atoms with van der Waals surface area (Å²) in [4.78, 5) is 27.9. The topological polar surface area (TPSA) is 52.7 Å². The van der Waals surface area contributed by atoms with Crippen molar-refractivity contribution in [3.8, 4) is 0 Å². The SMILES string of the molecule is CCC(=O)N1CCCN(C(=O)C2CSCCN2)CC1. The van der Waals surface area contributed by atoms with Crippen molar-refractivity contribution in [1.29, 1.82) is 0 Å². The molecule has 0 spiro atoms. The van der Waals surface area contributed by atoms with Gasteiger partial charge in [-0.3, -0.25) is 9.59 Å². The van der Waals surface area contributed by atoms with Crippen LogP contribution in [0.4, 0.5) is 0 Å². The van der Waals surface area contributed by atoms with Crippen molar-refractivity contribution in [3.63, 3.8) is 0 Å². The summed E-state index contributed by atoms with van der Waals surface area (Å²) in [6.07, 6.45) is 1.44. The molecule has 2 amide bonds. The molecule has 2 heterocycles. The van der Waals surface area contributed by atoms with Crippen molar-refractivity contribution in [1.82, 2.24) is 15.1 Å². The van der Waals surface area contributed by atoms with Crippen LogP contribution in [0.2, 0.25) is 0 Å².